The number of sulfonamides is 1. The van der Waals surface area contributed by atoms with Crippen LogP contribution in [0, 0.1) is 11.7 Å². The Morgan fingerprint density at radius 1 is 0.917 bits per heavy atom. The number of anilines is 1. The number of carbonyl (C=O) groups excluding carboxylic acids is 3. The highest BCUT2D eigenvalue weighted by molar-refractivity contribution is 7.91. The fourth-order valence-corrected chi connectivity index (χ4v) is 10.2. The number of nitrogens with zero attached hydrogens (tertiary/aromatic N) is 4. The third-order valence-electron chi connectivity index (χ3n) is 11.7. The van der Waals surface area contributed by atoms with Crippen LogP contribution in [0.1, 0.15) is 57.8 Å². The SMILES string of the molecule is O=C1N[C@]2(C(=O)NS(=O)(=O)C3CC3)C[C@H]2C=CCCCCC[C@H](Nc2nc(-c3ccc(F)cc3)cs2)C(=O)N2C[C@H](Oc3nc(-c4ccccc4)nc4ccccc34)C[C@@H]12. The van der Waals surface area contributed by atoms with Gasteiger partial charge in [0.2, 0.25) is 27.7 Å². The summed E-state index contributed by atoms with van der Waals surface area (Å²) in [6.07, 6.45) is 7.98. The van der Waals surface area contributed by atoms with Crippen molar-refractivity contribution in [3.8, 4) is 28.5 Å². The third kappa shape index (κ3) is 8.35. The van der Waals surface area contributed by atoms with Gasteiger partial charge in [-0.3, -0.25) is 19.1 Å². The monoisotopic (exact) mass is 849 g/mol. The maximum atomic E-state index is 14.9. The molecule has 4 heterocycles. The molecule has 13 nitrogen and oxygen atoms in total. The molecule has 2 aliphatic carbocycles. The number of thiazole rings is 1. The van der Waals surface area contributed by atoms with Crippen molar-refractivity contribution in [3.05, 3.63) is 102 Å². The summed E-state index contributed by atoms with van der Waals surface area (Å²) in [5, 5.41) is 8.67. The van der Waals surface area contributed by atoms with Crippen LogP contribution in [-0.4, -0.2) is 81.5 Å². The summed E-state index contributed by atoms with van der Waals surface area (Å²) >= 11 is 1.32. The Morgan fingerprint density at radius 2 is 1.70 bits per heavy atom. The quantitative estimate of drug-likeness (QED) is 0.141. The van der Waals surface area contributed by atoms with E-state index in [1.807, 2.05) is 72.1 Å². The molecule has 1 saturated heterocycles. The number of carbonyl (C=O) groups is 3. The summed E-state index contributed by atoms with van der Waals surface area (Å²) in [5.74, 6) is -1.70. The highest BCUT2D eigenvalue weighted by Crippen LogP contribution is 2.46. The molecule has 0 spiro atoms. The Labute approximate surface area is 350 Å². The molecule has 2 saturated carbocycles. The molecule has 5 atom stereocenters. The fourth-order valence-electron chi connectivity index (χ4n) is 8.10. The molecule has 2 aliphatic heterocycles. The summed E-state index contributed by atoms with van der Waals surface area (Å²) in [6, 6.07) is 21.2. The molecule has 16 heteroatoms. The zero-order chi connectivity index (χ0) is 41.4. The number of hydrogen-bond donors (Lipinski definition) is 3. The number of allylic oxidation sites excluding steroid dienone is 1. The van der Waals surface area contributed by atoms with E-state index in [0.717, 1.165) is 30.4 Å². The first-order chi connectivity index (χ1) is 29.1. The minimum Gasteiger partial charge on any atom is -0.472 e. The van der Waals surface area contributed by atoms with Gasteiger partial charge < -0.3 is 20.3 Å². The molecule has 3 amide bonds. The maximum absolute atomic E-state index is 14.9. The van der Waals surface area contributed by atoms with Crippen molar-refractivity contribution in [2.24, 2.45) is 5.92 Å². The first kappa shape index (κ1) is 39.7. The Bertz CT molecular complexity index is 2570. The second-order valence-electron chi connectivity index (χ2n) is 16.0. The molecule has 3 fully saturated rings. The van der Waals surface area contributed by atoms with Crippen molar-refractivity contribution in [3.63, 3.8) is 0 Å². The first-order valence-electron chi connectivity index (χ1n) is 20.4. The van der Waals surface area contributed by atoms with E-state index >= 15 is 0 Å². The molecule has 0 bridgehead atoms. The average molecular weight is 850 g/mol. The number of amides is 3. The summed E-state index contributed by atoms with van der Waals surface area (Å²) in [5.41, 5.74) is 1.32. The topological polar surface area (TPSA) is 173 Å². The Balaban J connectivity index is 1.04. The van der Waals surface area contributed by atoms with Crippen LogP contribution in [0.5, 0.6) is 5.88 Å². The van der Waals surface area contributed by atoms with E-state index < -0.39 is 56.7 Å². The summed E-state index contributed by atoms with van der Waals surface area (Å²) in [6.45, 7) is 0.0331. The van der Waals surface area contributed by atoms with Crippen LogP contribution in [0.2, 0.25) is 0 Å². The molecule has 3 aromatic carbocycles. The van der Waals surface area contributed by atoms with Gasteiger partial charge in [0.15, 0.2) is 11.0 Å². The second-order valence-corrected chi connectivity index (χ2v) is 18.8. The Hall–Kier alpha value is -5.74. The highest BCUT2D eigenvalue weighted by Gasteiger charge is 2.62. The number of ether oxygens (including phenoxy) is 1. The van der Waals surface area contributed by atoms with Crippen molar-refractivity contribution in [1.29, 1.82) is 0 Å². The van der Waals surface area contributed by atoms with Crippen LogP contribution in [-0.2, 0) is 24.4 Å². The lowest BCUT2D eigenvalue weighted by atomic mass is 10.1. The van der Waals surface area contributed by atoms with E-state index in [1.165, 1.54) is 28.4 Å². The maximum Gasteiger partial charge on any atom is 0.259 e. The standard InChI is InChI=1S/C44H44FN7O6S2/c45-30-19-17-27(18-20-30)36-26-59-43(48-36)47-35-16-8-3-1-2-7-13-29-24-44(29,42(55)51-60(56,57)32-21-22-32)50-39(53)37-23-31(25-52(37)41(35)54)58-40-33-14-9-10-15-34(33)46-38(49-40)28-11-5-4-6-12-28/h4-7,9-15,17-20,26,29,31-32,35,37H,1-3,8,16,21-25H2,(H,47,48)(H,50,53)(H,51,55)/t29-,31-,35+,37+,44-/m1/s1. The first-order valence-corrected chi connectivity index (χ1v) is 22.8. The Morgan fingerprint density at radius 3 is 2.50 bits per heavy atom. The van der Waals surface area contributed by atoms with Crippen molar-refractivity contribution < 1.29 is 31.9 Å². The lowest BCUT2D eigenvalue weighted by molar-refractivity contribution is -0.140. The number of fused-ring (bicyclic) bond motifs is 3. The van der Waals surface area contributed by atoms with Crippen LogP contribution in [0.3, 0.4) is 0 Å². The molecule has 5 aromatic rings. The van der Waals surface area contributed by atoms with Gasteiger partial charge >= 0.3 is 0 Å². The minimum absolute atomic E-state index is 0.0331. The van der Waals surface area contributed by atoms with E-state index in [-0.39, 0.29) is 31.1 Å². The number of halogens is 1. The summed E-state index contributed by atoms with van der Waals surface area (Å²) < 4.78 is 48.5. The van der Waals surface area contributed by atoms with Gasteiger partial charge in [-0.2, -0.15) is 4.98 Å². The zero-order valence-corrected chi connectivity index (χ0v) is 34.3. The number of para-hydroxylation sites is 1. The molecule has 310 valence electrons. The van der Waals surface area contributed by atoms with Gasteiger partial charge in [-0.1, -0.05) is 67.5 Å². The van der Waals surface area contributed by atoms with Gasteiger partial charge in [0.25, 0.3) is 5.91 Å². The second kappa shape index (κ2) is 16.4. The molecule has 2 aromatic heterocycles. The molecule has 4 aliphatic rings. The third-order valence-corrected chi connectivity index (χ3v) is 14.3. The van der Waals surface area contributed by atoms with Crippen molar-refractivity contribution in [2.45, 2.75) is 86.8 Å². The number of aromatic nitrogens is 3. The highest BCUT2D eigenvalue weighted by atomic mass is 32.2. The summed E-state index contributed by atoms with van der Waals surface area (Å²) in [7, 11) is -3.90. The summed E-state index contributed by atoms with van der Waals surface area (Å²) in [4.78, 5) is 59.3. The normalized spacial score (nSPS) is 24.7. The van der Waals surface area contributed by atoms with E-state index in [4.69, 9.17) is 19.7 Å². The van der Waals surface area contributed by atoms with Crippen LogP contribution in [0.25, 0.3) is 33.5 Å². The molecule has 9 rings (SSSR count). The lowest BCUT2D eigenvalue weighted by Gasteiger charge is -2.29. The van der Waals surface area contributed by atoms with E-state index in [9.17, 15) is 27.2 Å². The van der Waals surface area contributed by atoms with Gasteiger partial charge in [-0.05, 0) is 74.9 Å². The molecular formula is C44H44FN7O6S2. The van der Waals surface area contributed by atoms with Gasteiger partial charge in [0.05, 0.1) is 28.4 Å². The van der Waals surface area contributed by atoms with Gasteiger partial charge in [-0.15, -0.1) is 11.3 Å². The predicted molar refractivity (Wildman–Crippen MR) is 226 cm³/mol. The van der Waals surface area contributed by atoms with E-state index in [1.54, 1.807) is 12.1 Å². The molecule has 60 heavy (non-hydrogen) atoms. The number of nitrogens with one attached hydrogen (secondary N) is 3. The Kier molecular flexibility index (Phi) is 10.8. The largest absolute Gasteiger partial charge is 0.472 e. The molecule has 3 N–H and O–H groups in total. The van der Waals surface area contributed by atoms with E-state index in [0.29, 0.717) is 59.1 Å². The van der Waals surface area contributed by atoms with Crippen LogP contribution in [0.4, 0.5) is 9.52 Å². The number of rotatable bonds is 9. The van der Waals surface area contributed by atoms with E-state index in [2.05, 4.69) is 15.4 Å². The van der Waals surface area contributed by atoms with Crippen molar-refractivity contribution in [1.82, 2.24) is 29.9 Å². The van der Waals surface area contributed by atoms with Crippen molar-refractivity contribution in [2.75, 3.05) is 11.9 Å². The lowest BCUT2D eigenvalue weighted by Crippen LogP contribution is -2.57. The van der Waals surface area contributed by atoms with Crippen molar-refractivity contribution >= 4 is 55.1 Å². The zero-order valence-electron chi connectivity index (χ0n) is 32.6. The van der Waals surface area contributed by atoms with Gasteiger partial charge in [0, 0.05) is 28.8 Å². The van der Waals surface area contributed by atoms with Gasteiger partial charge in [-0.25, -0.2) is 22.8 Å². The number of hydrogen-bond acceptors (Lipinski definition) is 11. The predicted octanol–water partition coefficient (Wildman–Crippen LogP) is 6.39. The smallest absolute Gasteiger partial charge is 0.259 e. The van der Waals surface area contributed by atoms with Crippen LogP contribution in [0.15, 0.2) is 96.4 Å². The number of benzene rings is 3. The van der Waals surface area contributed by atoms with Gasteiger partial charge in [0.1, 0.15) is 29.5 Å². The molecule has 0 unspecified atom stereocenters. The molecule has 0 radical (unpaired) electrons. The van der Waals surface area contributed by atoms with Crippen LogP contribution < -0.4 is 20.1 Å². The fraction of sp³-hybridized carbons (Fsp3) is 0.364. The molecular weight excluding hydrogens is 806 g/mol. The average Bonchev–Trinajstić information content (AvgIpc) is 4.14. The van der Waals surface area contributed by atoms with Crippen LogP contribution >= 0.6 is 11.3 Å². The minimum atomic E-state index is -3.90.